The van der Waals surface area contributed by atoms with Gasteiger partial charge in [-0.2, -0.15) is 0 Å². The Hall–Kier alpha value is -2.07. The highest BCUT2D eigenvalue weighted by Crippen LogP contribution is 2.34. The summed E-state index contributed by atoms with van der Waals surface area (Å²) in [6.45, 7) is 13.8. The van der Waals surface area contributed by atoms with Gasteiger partial charge in [-0.3, -0.25) is 0 Å². The molecule has 0 aliphatic rings. The van der Waals surface area contributed by atoms with Gasteiger partial charge in [0.15, 0.2) is 0 Å². The van der Waals surface area contributed by atoms with Crippen molar-refractivity contribution in [3.8, 4) is 0 Å². The van der Waals surface area contributed by atoms with Crippen molar-refractivity contribution in [3.05, 3.63) is 121 Å². The first-order valence-electron chi connectivity index (χ1n) is 14.9. The molecule has 0 spiro atoms. The summed E-state index contributed by atoms with van der Waals surface area (Å²) in [6, 6.07) is 43.3. The second-order valence-corrected chi connectivity index (χ2v) is 20.2. The van der Waals surface area contributed by atoms with Gasteiger partial charge < -0.3 is 8.85 Å². The summed E-state index contributed by atoms with van der Waals surface area (Å²) in [6.07, 6.45) is 0.272. The van der Waals surface area contributed by atoms with Crippen molar-refractivity contribution in [1.82, 2.24) is 0 Å². The molecule has 0 saturated carbocycles. The Balaban J connectivity index is 1.45. The minimum absolute atomic E-state index is 0.0287. The largest absolute Gasteiger partial charge is 0.407 e. The van der Waals surface area contributed by atoms with Crippen molar-refractivity contribution in [2.75, 3.05) is 11.5 Å². The van der Waals surface area contributed by atoms with Crippen molar-refractivity contribution in [2.45, 2.75) is 53.8 Å². The lowest BCUT2D eigenvalue weighted by Gasteiger charge is -2.35. The molecule has 42 heavy (non-hydrogen) atoms. The molecule has 2 nitrogen and oxygen atoms in total. The first-order valence-corrected chi connectivity index (χ1v) is 20.6. The van der Waals surface area contributed by atoms with Crippen molar-refractivity contribution in [1.29, 1.82) is 0 Å². The zero-order chi connectivity index (χ0) is 30.0. The summed E-state index contributed by atoms with van der Waals surface area (Å²) in [5, 5.41) is 5.31. The van der Waals surface area contributed by atoms with Crippen LogP contribution in [0.15, 0.2) is 121 Å². The molecule has 0 aliphatic heterocycles. The van der Waals surface area contributed by atoms with E-state index in [4.69, 9.17) is 8.85 Å². The Kier molecular flexibility index (Phi) is 12.2. The van der Waals surface area contributed by atoms with Crippen LogP contribution in [0.4, 0.5) is 0 Å². The van der Waals surface area contributed by atoms with Crippen LogP contribution in [0, 0.1) is 10.8 Å². The average Bonchev–Trinajstić information content (AvgIpc) is 2.99. The summed E-state index contributed by atoms with van der Waals surface area (Å²) < 4.78 is 14.2. The lowest BCUT2D eigenvalue weighted by Crippen LogP contribution is -2.50. The van der Waals surface area contributed by atoms with E-state index in [0.717, 1.165) is 11.5 Å². The van der Waals surface area contributed by atoms with E-state index < -0.39 is 18.1 Å². The van der Waals surface area contributed by atoms with Gasteiger partial charge in [0.25, 0.3) is 0 Å². The van der Waals surface area contributed by atoms with Crippen LogP contribution in [0.3, 0.4) is 0 Å². The van der Waals surface area contributed by atoms with Crippen LogP contribution in [0.2, 0.25) is 0 Å². The molecular weight excluding hydrogens is 585 g/mol. The second kappa shape index (κ2) is 15.6. The Morgan fingerprint density at radius 1 is 0.452 bits per heavy atom. The van der Waals surface area contributed by atoms with Gasteiger partial charge in [0.05, 0.1) is 12.2 Å². The molecule has 0 heterocycles. The summed E-state index contributed by atoms with van der Waals surface area (Å²) in [7, 11) is 0.190. The van der Waals surface area contributed by atoms with Gasteiger partial charge in [-0.15, -0.1) is 0 Å². The molecule has 0 aromatic heterocycles. The third-order valence-electron chi connectivity index (χ3n) is 7.46. The van der Waals surface area contributed by atoms with Crippen molar-refractivity contribution in [2.24, 2.45) is 10.8 Å². The highest BCUT2D eigenvalue weighted by molar-refractivity contribution is 8.76. The summed E-state index contributed by atoms with van der Waals surface area (Å²) in [5.74, 6) is 1.87. The van der Waals surface area contributed by atoms with E-state index in [1.54, 1.807) is 0 Å². The standard InChI is InChI=1S/C36H46O2S2Si2/c1-35(2,3)33(37-41(29-19-11-7-12-20-29)30-21-13-8-14-22-30)27-39-40-28-34(36(4,5)6)38-42(31-23-15-9-16-24-31)32-25-17-10-18-26-32/h7-26,33-34,41-42H,27-28H2,1-6H3. The molecule has 0 radical (unpaired) electrons. The Bertz CT molecular complexity index is 1130. The quantitative estimate of drug-likeness (QED) is 0.0980. The molecule has 0 bridgehead atoms. The predicted octanol–water partition coefficient (Wildman–Crippen LogP) is 6.31. The minimum atomic E-state index is -1.84. The second-order valence-electron chi connectivity index (χ2n) is 13.0. The molecular formula is C36H46O2S2Si2. The van der Waals surface area contributed by atoms with Crippen molar-refractivity contribution in [3.63, 3.8) is 0 Å². The maximum atomic E-state index is 7.12. The molecule has 4 aromatic rings. The van der Waals surface area contributed by atoms with Gasteiger partial charge in [0.1, 0.15) is 0 Å². The molecule has 4 rings (SSSR count). The fraction of sp³-hybridized carbons (Fsp3) is 0.333. The molecule has 0 aliphatic carbocycles. The Labute approximate surface area is 265 Å². The van der Waals surface area contributed by atoms with Crippen LogP contribution in [0.25, 0.3) is 0 Å². The highest BCUT2D eigenvalue weighted by Gasteiger charge is 2.33. The minimum Gasteiger partial charge on any atom is -0.407 e. The monoisotopic (exact) mass is 630 g/mol. The van der Waals surface area contributed by atoms with Crippen LogP contribution in [-0.4, -0.2) is 41.8 Å². The van der Waals surface area contributed by atoms with Crippen LogP contribution >= 0.6 is 21.6 Å². The van der Waals surface area contributed by atoms with Crippen LogP contribution in [0.1, 0.15) is 41.5 Å². The van der Waals surface area contributed by atoms with E-state index in [1.165, 1.54) is 20.7 Å². The molecule has 0 amide bonds. The average molecular weight is 631 g/mol. The number of hydrogen-bond acceptors (Lipinski definition) is 4. The van der Waals surface area contributed by atoms with E-state index in [9.17, 15) is 0 Å². The van der Waals surface area contributed by atoms with Crippen LogP contribution in [0.5, 0.6) is 0 Å². The maximum Gasteiger partial charge on any atom is 0.240 e. The fourth-order valence-corrected chi connectivity index (χ4v) is 13.3. The molecule has 0 N–H and O–H groups in total. The topological polar surface area (TPSA) is 18.5 Å². The number of benzene rings is 4. The van der Waals surface area contributed by atoms with E-state index in [0.29, 0.717) is 0 Å². The van der Waals surface area contributed by atoms with E-state index in [2.05, 4.69) is 163 Å². The van der Waals surface area contributed by atoms with Crippen molar-refractivity contribution < 1.29 is 8.85 Å². The van der Waals surface area contributed by atoms with Gasteiger partial charge >= 0.3 is 0 Å². The smallest absolute Gasteiger partial charge is 0.240 e. The summed E-state index contributed by atoms with van der Waals surface area (Å²) >= 11 is 0. The fourth-order valence-electron chi connectivity index (χ4n) is 4.75. The van der Waals surface area contributed by atoms with E-state index in [-0.39, 0.29) is 23.0 Å². The lowest BCUT2D eigenvalue weighted by atomic mass is 9.90. The highest BCUT2D eigenvalue weighted by atomic mass is 33.1. The van der Waals surface area contributed by atoms with Gasteiger partial charge in [0.2, 0.25) is 18.1 Å². The molecule has 4 aromatic carbocycles. The zero-order valence-corrected chi connectivity index (χ0v) is 29.8. The van der Waals surface area contributed by atoms with Gasteiger partial charge in [-0.1, -0.05) is 184 Å². The summed E-state index contributed by atoms with van der Waals surface area (Å²) in [5.41, 5.74) is 0.0574. The first-order chi connectivity index (χ1) is 20.1. The van der Waals surface area contributed by atoms with Crippen molar-refractivity contribution >= 4 is 60.4 Å². The van der Waals surface area contributed by atoms with Gasteiger partial charge in [0, 0.05) is 11.5 Å². The van der Waals surface area contributed by atoms with E-state index >= 15 is 0 Å². The number of hydrogen-bond donors (Lipinski definition) is 0. The van der Waals surface area contributed by atoms with Crippen LogP contribution in [-0.2, 0) is 8.85 Å². The normalized spacial score (nSPS) is 13.8. The predicted molar refractivity (Wildman–Crippen MR) is 192 cm³/mol. The van der Waals surface area contributed by atoms with Gasteiger partial charge in [-0.25, -0.2) is 0 Å². The number of rotatable bonds is 13. The third-order valence-corrected chi connectivity index (χ3v) is 15.0. The Morgan fingerprint density at radius 2 is 0.690 bits per heavy atom. The molecule has 6 heteroatoms. The zero-order valence-electron chi connectivity index (χ0n) is 25.9. The molecule has 0 saturated heterocycles. The molecule has 0 fully saturated rings. The molecule has 222 valence electrons. The van der Waals surface area contributed by atoms with E-state index in [1.807, 2.05) is 21.6 Å². The maximum absolute atomic E-state index is 7.12. The summed E-state index contributed by atoms with van der Waals surface area (Å²) in [4.78, 5) is 0. The molecule has 2 unspecified atom stereocenters. The van der Waals surface area contributed by atoms with Gasteiger partial charge in [-0.05, 0) is 31.6 Å². The molecule has 2 atom stereocenters. The lowest BCUT2D eigenvalue weighted by molar-refractivity contribution is 0.111. The van der Waals surface area contributed by atoms with Crippen LogP contribution < -0.4 is 20.7 Å². The third kappa shape index (κ3) is 9.73. The first kappa shape index (κ1) is 32.8. The Morgan fingerprint density at radius 3 is 0.905 bits per heavy atom. The SMILES string of the molecule is CC(C)(C)C(CSSCC(O[SiH](c1ccccc1)c1ccccc1)C(C)(C)C)O[SiH](c1ccccc1)c1ccccc1.